The van der Waals surface area contributed by atoms with Crippen molar-refractivity contribution in [3.8, 4) is 5.75 Å². The number of amides is 1. The van der Waals surface area contributed by atoms with Crippen LogP contribution in [0, 0.1) is 6.92 Å². The number of piperidine rings is 1. The maximum Gasteiger partial charge on any atom is 0.261 e. The van der Waals surface area contributed by atoms with E-state index >= 15 is 0 Å². The maximum atomic E-state index is 12.4. The van der Waals surface area contributed by atoms with Crippen LogP contribution in [0.2, 0.25) is 0 Å². The molecule has 1 aliphatic rings. The van der Waals surface area contributed by atoms with E-state index in [4.69, 9.17) is 4.74 Å². The smallest absolute Gasteiger partial charge is 0.261 e. The van der Waals surface area contributed by atoms with Crippen molar-refractivity contribution >= 4 is 11.6 Å². The van der Waals surface area contributed by atoms with Crippen LogP contribution in [0.5, 0.6) is 5.75 Å². The lowest BCUT2D eigenvalue weighted by molar-refractivity contribution is 0.102. The topological polar surface area (TPSA) is 63.6 Å². The minimum absolute atomic E-state index is 0.129. The minimum Gasteiger partial charge on any atom is -0.490 e. The molecule has 0 atom stereocenters. The van der Waals surface area contributed by atoms with Crippen molar-refractivity contribution in [3.05, 3.63) is 58.0 Å². The van der Waals surface area contributed by atoms with Gasteiger partial charge >= 0.3 is 0 Å². The summed E-state index contributed by atoms with van der Waals surface area (Å²) in [5.74, 6) is 0.387. The highest BCUT2D eigenvalue weighted by Crippen LogP contribution is 2.21. The van der Waals surface area contributed by atoms with Gasteiger partial charge in [0.1, 0.15) is 17.4 Å². The molecule has 1 N–H and O–H groups in total. The fourth-order valence-electron chi connectivity index (χ4n) is 3.01. The van der Waals surface area contributed by atoms with Crippen LogP contribution >= 0.6 is 0 Å². The molecule has 1 saturated heterocycles. The van der Waals surface area contributed by atoms with Crippen molar-refractivity contribution in [3.63, 3.8) is 0 Å². The Morgan fingerprint density at radius 2 is 1.81 bits per heavy atom. The van der Waals surface area contributed by atoms with Crippen LogP contribution in [-0.4, -0.2) is 41.6 Å². The molecule has 0 bridgehead atoms. The Bertz CT molecular complexity index is 834. The summed E-state index contributed by atoms with van der Waals surface area (Å²) in [5, 5.41) is 2.77. The van der Waals surface area contributed by atoms with Gasteiger partial charge < -0.3 is 19.5 Å². The highest BCUT2D eigenvalue weighted by molar-refractivity contribution is 6.04. The Hall–Kier alpha value is -2.60. The molecule has 2 heterocycles. The molecular formula is C20H25N3O3. The van der Waals surface area contributed by atoms with Crippen molar-refractivity contribution in [2.45, 2.75) is 25.9 Å². The van der Waals surface area contributed by atoms with E-state index in [-0.39, 0.29) is 17.1 Å². The zero-order chi connectivity index (χ0) is 18.7. The maximum absolute atomic E-state index is 12.4. The van der Waals surface area contributed by atoms with Gasteiger partial charge in [-0.2, -0.15) is 0 Å². The minimum atomic E-state index is -0.408. The van der Waals surface area contributed by atoms with Crippen LogP contribution < -0.4 is 15.5 Å². The number of ether oxygens (including phenoxy) is 1. The number of aryl methyl sites for hydroxylation is 2. The summed E-state index contributed by atoms with van der Waals surface area (Å²) in [6.45, 7) is 3.92. The average molecular weight is 355 g/mol. The summed E-state index contributed by atoms with van der Waals surface area (Å²) in [4.78, 5) is 26.7. The van der Waals surface area contributed by atoms with E-state index < -0.39 is 5.91 Å². The van der Waals surface area contributed by atoms with Crippen LogP contribution in [0.4, 0.5) is 5.69 Å². The van der Waals surface area contributed by atoms with E-state index in [2.05, 4.69) is 17.3 Å². The average Bonchev–Trinajstić information content (AvgIpc) is 2.61. The number of rotatable bonds is 4. The summed E-state index contributed by atoms with van der Waals surface area (Å²) in [7, 11) is 3.93. The number of anilines is 1. The van der Waals surface area contributed by atoms with E-state index in [1.54, 1.807) is 29.9 Å². The Labute approximate surface area is 153 Å². The fraction of sp³-hybridized carbons (Fsp3) is 0.400. The largest absolute Gasteiger partial charge is 0.490 e. The predicted octanol–water partition coefficient (Wildman–Crippen LogP) is 2.42. The highest BCUT2D eigenvalue weighted by atomic mass is 16.5. The van der Waals surface area contributed by atoms with E-state index in [9.17, 15) is 9.59 Å². The number of carbonyl (C=O) groups excluding carboxylic acids is 1. The van der Waals surface area contributed by atoms with E-state index in [1.165, 1.54) is 6.07 Å². The molecule has 1 amide bonds. The standard InChI is InChI=1S/C20H25N3O3/c1-14-12-19(24)18(13-23(14)3)20(25)21-15-4-6-16(7-5-15)26-17-8-10-22(2)11-9-17/h4-7,12-13,17H,8-11H2,1-3H3,(H,21,25). The number of nitrogens with one attached hydrogen (secondary N) is 1. The number of carbonyl (C=O) groups is 1. The molecule has 1 aromatic heterocycles. The highest BCUT2D eigenvalue weighted by Gasteiger charge is 2.18. The summed E-state index contributed by atoms with van der Waals surface area (Å²) < 4.78 is 7.76. The number of hydrogen-bond acceptors (Lipinski definition) is 4. The van der Waals surface area contributed by atoms with Crippen molar-refractivity contribution < 1.29 is 9.53 Å². The predicted molar refractivity (Wildman–Crippen MR) is 102 cm³/mol. The number of likely N-dealkylation sites (tertiary alicyclic amines) is 1. The molecule has 0 unspecified atom stereocenters. The van der Waals surface area contributed by atoms with Crippen molar-refractivity contribution in [1.82, 2.24) is 9.47 Å². The molecule has 0 saturated carbocycles. The lowest BCUT2D eigenvalue weighted by atomic mass is 10.1. The normalized spacial score (nSPS) is 15.7. The molecule has 6 nitrogen and oxygen atoms in total. The molecule has 1 aliphatic heterocycles. The monoisotopic (exact) mass is 355 g/mol. The van der Waals surface area contributed by atoms with Crippen molar-refractivity contribution in [1.29, 1.82) is 0 Å². The summed E-state index contributed by atoms with van der Waals surface area (Å²) in [6, 6.07) is 8.75. The van der Waals surface area contributed by atoms with Gasteiger partial charge in [-0.1, -0.05) is 0 Å². The first-order valence-electron chi connectivity index (χ1n) is 8.86. The number of nitrogens with zero attached hydrogens (tertiary/aromatic N) is 2. The Morgan fingerprint density at radius 3 is 2.46 bits per heavy atom. The summed E-state index contributed by atoms with van der Waals surface area (Å²) >= 11 is 0. The van der Waals surface area contributed by atoms with Crippen LogP contribution in [0.15, 0.2) is 41.3 Å². The van der Waals surface area contributed by atoms with Crippen LogP contribution in [0.25, 0.3) is 0 Å². The molecule has 0 spiro atoms. The molecule has 0 aliphatic carbocycles. The van der Waals surface area contributed by atoms with Crippen LogP contribution in [0.1, 0.15) is 28.9 Å². The molecule has 138 valence electrons. The molecule has 2 aromatic rings. The Balaban J connectivity index is 1.63. The van der Waals surface area contributed by atoms with Gasteiger partial charge in [0.15, 0.2) is 5.43 Å². The number of aromatic nitrogens is 1. The molecule has 6 heteroatoms. The van der Waals surface area contributed by atoms with Gasteiger partial charge in [-0.15, -0.1) is 0 Å². The van der Waals surface area contributed by atoms with Crippen molar-refractivity contribution in [2.75, 3.05) is 25.5 Å². The van der Waals surface area contributed by atoms with Crippen LogP contribution in [0.3, 0.4) is 0 Å². The molecule has 1 aromatic carbocycles. The zero-order valence-electron chi connectivity index (χ0n) is 15.5. The van der Waals surface area contributed by atoms with E-state index in [0.29, 0.717) is 5.69 Å². The van der Waals surface area contributed by atoms with Crippen molar-refractivity contribution in [2.24, 2.45) is 7.05 Å². The third kappa shape index (κ3) is 4.32. The molecular weight excluding hydrogens is 330 g/mol. The van der Waals surface area contributed by atoms with Gasteiger partial charge in [-0.05, 0) is 51.1 Å². The Kier molecular flexibility index (Phi) is 5.42. The SMILES string of the molecule is Cc1cc(=O)c(C(=O)Nc2ccc(OC3CCN(C)CC3)cc2)cn1C. The van der Waals surface area contributed by atoms with Gasteiger partial charge in [0, 0.05) is 43.8 Å². The number of hydrogen-bond donors (Lipinski definition) is 1. The summed E-state index contributed by atoms with van der Waals surface area (Å²) in [6.07, 6.45) is 3.84. The first-order chi connectivity index (χ1) is 12.4. The van der Waals surface area contributed by atoms with E-state index in [0.717, 1.165) is 37.4 Å². The second kappa shape index (κ2) is 7.74. The summed E-state index contributed by atoms with van der Waals surface area (Å²) in [5.41, 5.74) is 1.29. The molecule has 0 radical (unpaired) electrons. The van der Waals surface area contributed by atoms with E-state index in [1.807, 2.05) is 19.1 Å². The quantitative estimate of drug-likeness (QED) is 0.915. The van der Waals surface area contributed by atoms with Gasteiger partial charge in [0.2, 0.25) is 0 Å². The van der Waals surface area contributed by atoms with Gasteiger partial charge in [-0.25, -0.2) is 0 Å². The third-order valence-electron chi connectivity index (χ3n) is 4.81. The second-order valence-corrected chi connectivity index (χ2v) is 6.90. The zero-order valence-corrected chi connectivity index (χ0v) is 15.5. The first-order valence-corrected chi connectivity index (χ1v) is 8.86. The fourth-order valence-corrected chi connectivity index (χ4v) is 3.01. The van der Waals surface area contributed by atoms with Gasteiger partial charge in [0.05, 0.1) is 0 Å². The number of pyridine rings is 1. The molecule has 1 fully saturated rings. The number of benzene rings is 1. The third-order valence-corrected chi connectivity index (χ3v) is 4.81. The van der Waals surface area contributed by atoms with Gasteiger partial charge in [0.25, 0.3) is 5.91 Å². The second-order valence-electron chi connectivity index (χ2n) is 6.90. The van der Waals surface area contributed by atoms with Crippen LogP contribution in [-0.2, 0) is 7.05 Å². The lowest BCUT2D eigenvalue weighted by Gasteiger charge is -2.29. The Morgan fingerprint density at radius 1 is 1.15 bits per heavy atom. The molecule has 26 heavy (non-hydrogen) atoms. The van der Waals surface area contributed by atoms with Gasteiger partial charge in [-0.3, -0.25) is 9.59 Å². The first kappa shape index (κ1) is 18.2. The lowest BCUT2D eigenvalue weighted by Crippen LogP contribution is -2.35. The molecule has 3 rings (SSSR count).